The van der Waals surface area contributed by atoms with Crippen LogP contribution >= 0.6 is 0 Å². The first kappa shape index (κ1) is 18.6. The number of nitrogens with zero attached hydrogens (tertiary/aromatic N) is 3. The molecule has 2 aromatic heterocycles. The van der Waals surface area contributed by atoms with Gasteiger partial charge in [-0.25, -0.2) is 13.5 Å². The summed E-state index contributed by atoms with van der Waals surface area (Å²) in [5.74, 6) is -2.10. The fourth-order valence-electron chi connectivity index (χ4n) is 2.21. The standard InChI is InChI=1S/C17H12F5N3O2/c1-9-3-14(26-12-6-10(18)5-11(19)7-12)23-15(4-9)27-16-8-13(17(20,21)22)24-25(16)2/h3-8H,1-2H3. The first-order valence-corrected chi connectivity index (χ1v) is 7.52. The second kappa shape index (κ2) is 6.86. The lowest BCUT2D eigenvalue weighted by Crippen LogP contribution is -2.06. The maximum atomic E-state index is 13.3. The van der Waals surface area contributed by atoms with Gasteiger partial charge in [0.25, 0.3) is 0 Å². The molecule has 0 saturated heterocycles. The molecular weight excluding hydrogens is 373 g/mol. The molecule has 0 amide bonds. The third kappa shape index (κ3) is 4.52. The predicted molar refractivity (Wildman–Crippen MR) is 83.7 cm³/mol. The number of hydrogen-bond acceptors (Lipinski definition) is 4. The summed E-state index contributed by atoms with van der Waals surface area (Å²) in [7, 11) is 1.29. The lowest BCUT2D eigenvalue weighted by Gasteiger charge is -2.09. The summed E-state index contributed by atoms with van der Waals surface area (Å²) < 4.78 is 76.3. The summed E-state index contributed by atoms with van der Waals surface area (Å²) in [6, 6.07) is 6.27. The van der Waals surface area contributed by atoms with E-state index in [1.54, 1.807) is 6.92 Å². The molecule has 2 heterocycles. The monoisotopic (exact) mass is 385 g/mol. The molecule has 142 valence electrons. The Morgan fingerprint density at radius 3 is 2.04 bits per heavy atom. The molecule has 3 aromatic rings. The topological polar surface area (TPSA) is 49.2 Å². The Labute approximate surface area is 150 Å². The molecule has 1 aromatic carbocycles. The summed E-state index contributed by atoms with van der Waals surface area (Å²) in [5.41, 5.74) is -0.510. The number of aromatic nitrogens is 3. The van der Waals surface area contributed by atoms with Gasteiger partial charge in [0.1, 0.15) is 17.4 Å². The number of alkyl halides is 3. The fraction of sp³-hybridized carbons (Fsp3) is 0.176. The van der Waals surface area contributed by atoms with Gasteiger partial charge in [0, 0.05) is 43.4 Å². The van der Waals surface area contributed by atoms with Crippen molar-refractivity contribution in [2.75, 3.05) is 0 Å². The van der Waals surface area contributed by atoms with E-state index in [4.69, 9.17) is 9.47 Å². The van der Waals surface area contributed by atoms with Crippen molar-refractivity contribution in [2.24, 2.45) is 7.05 Å². The van der Waals surface area contributed by atoms with Crippen molar-refractivity contribution in [1.29, 1.82) is 0 Å². The van der Waals surface area contributed by atoms with Gasteiger partial charge in [-0.15, -0.1) is 0 Å². The first-order chi connectivity index (χ1) is 12.6. The number of rotatable bonds is 4. The molecule has 5 nitrogen and oxygen atoms in total. The Morgan fingerprint density at radius 2 is 1.48 bits per heavy atom. The molecule has 0 radical (unpaired) electrons. The summed E-state index contributed by atoms with van der Waals surface area (Å²) >= 11 is 0. The molecular formula is C17H12F5N3O2. The normalized spacial score (nSPS) is 11.5. The van der Waals surface area contributed by atoms with Gasteiger partial charge in [-0.1, -0.05) is 0 Å². The molecule has 0 aliphatic rings. The third-order valence-electron chi connectivity index (χ3n) is 3.32. The van der Waals surface area contributed by atoms with Gasteiger partial charge in [-0.3, -0.25) is 0 Å². The second-order valence-electron chi connectivity index (χ2n) is 5.62. The molecule has 0 saturated carbocycles. The lowest BCUT2D eigenvalue weighted by molar-refractivity contribution is -0.141. The summed E-state index contributed by atoms with van der Waals surface area (Å²) in [5, 5.41) is 3.33. The van der Waals surface area contributed by atoms with Crippen molar-refractivity contribution in [1.82, 2.24) is 14.8 Å². The van der Waals surface area contributed by atoms with Gasteiger partial charge in [0.15, 0.2) is 5.69 Å². The SMILES string of the molecule is Cc1cc(Oc2cc(F)cc(F)c2)nc(Oc2cc(C(F)(F)F)nn2C)c1. The van der Waals surface area contributed by atoms with Crippen LogP contribution in [0.5, 0.6) is 23.4 Å². The van der Waals surface area contributed by atoms with Gasteiger partial charge in [0.05, 0.1) is 0 Å². The van der Waals surface area contributed by atoms with Crippen molar-refractivity contribution >= 4 is 0 Å². The van der Waals surface area contributed by atoms with Crippen LogP contribution in [-0.2, 0) is 13.2 Å². The minimum Gasteiger partial charge on any atom is -0.439 e. The van der Waals surface area contributed by atoms with Crippen LogP contribution in [0.1, 0.15) is 11.3 Å². The smallest absolute Gasteiger partial charge is 0.435 e. The van der Waals surface area contributed by atoms with Crippen molar-refractivity contribution in [2.45, 2.75) is 13.1 Å². The Morgan fingerprint density at radius 1 is 0.889 bits per heavy atom. The maximum Gasteiger partial charge on any atom is 0.435 e. The first-order valence-electron chi connectivity index (χ1n) is 7.52. The van der Waals surface area contributed by atoms with E-state index in [1.807, 2.05) is 0 Å². The molecule has 0 bridgehead atoms. The van der Waals surface area contributed by atoms with Crippen LogP contribution in [0.2, 0.25) is 0 Å². The van der Waals surface area contributed by atoms with E-state index in [2.05, 4.69) is 10.1 Å². The van der Waals surface area contributed by atoms with Crippen molar-refractivity contribution in [3.05, 3.63) is 59.3 Å². The number of hydrogen-bond donors (Lipinski definition) is 0. The molecule has 0 unspecified atom stereocenters. The highest BCUT2D eigenvalue weighted by Crippen LogP contribution is 2.32. The highest BCUT2D eigenvalue weighted by molar-refractivity contribution is 5.34. The Hall–Kier alpha value is -3.17. The molecule has 0 aliphatic carbocycles. The molecule has 0 N–H and O–H groups in total. The van der Waals surface area contributed by atoms with E-state index in [9.17, 15) is 22.0 Å². The van der Waals surface area contributed by atoms with Crippen molar-refractivity contribution in [3.63, 3.8) is 0 Å². The summed E-state index contributed by atoms with van der Waals surface area (Å²) in [6.07, 6.45) is -4.62. The van der Waals surface area contributed by atoms with Crippen LogP contribution < -0.4 is 9.47 Å². The fourth-order valence-corrected chi connectivity index (χ4v) is 2.21. The van der Waals surface area contributed by atoms with Gasteiger partial charge < -0.3 is 9.47 Å². The minimum atomic E-state index is -4.62. The molecule has 10 heteroatoms. The van der Waals surface area contributed by atoms with Gasteiger partial charge >= 0.3 is 6.18 Å². The Balaban J connectivity index is 1.86. The average Bonchev–Trinajstić information content (AvgIpc) is 2.86. The van der Waals surface area contributed by atoms with E-state index >= 15 is 0 Å². The highest BCUT2D eigenvalue weighted by atomic mass is 19.4. The van der Waals surface area contributed by atoms with E-state index in [-0.39, 0.29) is 23.4 Å². The maximum absolute atomic E-state index is 13.3. The zero-order valence-electron chi connectivity index (χ0n) is 14.0. The number of pyridine rings is 1. The predicted octanol–water partition coefficient (Wildman–Crippen LogP) is 5.01. The molecule has 0 aliphatic heterocycles. The Bertz CT molecular complexity index is 965. The van der Waals surface area contributed by atoms with Crippen LogP contribution in [0.4, 0.5) is 22.0 Å². The minimum absolute atomic E-state index is 0.0480. The molecule has 0 fully saturated rings. The van der Waals surface area contributed by atoms with Crippen LogP contribution in [0.25, 0.3) is 0 Å². The number of ether oxygens (including phenoxy) is 2. The molecule has 0 atom stereocenters. The van der Waals surface area contributed by atoms with Crippen molar-refractivity contribution in [3.8, 4) is 23.4 Å². The van der Waals surface area contributed by atoms with Crippen LogP contribution in [-0.4, -0.2) is 14.8 Å². The summed E-state index contributed by atoms with van der Waals surface area (Å²) in [4.78, 5) is 3.98. The second-order valence-corrected chi connectivity index (χ2v) is 5.62. The van der Waals surface area contributed by atoms with Crippen molar-refractivity contribution < 1.29 is 31.4 Å². The number of benzene rings is 1. The van der Waals surface area contributed by atoms with Gasteiger partial charge in [-0.2, -0.15) is 23.3 Å². The quantitative estimate of drug-likeness (QED) is 0.593. The molecule has 3 rings (SSSR count). The van der Waals surface area contributed by atoms with E-state index < -0.39 is 23.5 Å². The van der Waals surface area contributed by atoms with Crippen LogP contribution in [0.3, 0.4) is 0 Å². The molecule has 27 heavy (non-hydrogen) atoms. The number of aryl methyl sites for hydroxylation is 2. The van der Waals surface area contributed by atoms with Crippen LogP contribution in [0.15, 0.2) is 36.4 Å². The van der Waals surface area contributed by atoms with Crippen LogP contribution in [0, 0.1) is 18.6 Å². The van der Waals surface area contributed by atoms with E-state index in [0.717, 1.165) is 22.9 Å². The summed E-state index contributed by atoms with van der Waals surface area (Å²) in [6.45, 7) is 1.66. The zero-order chi connectivity index (χ0) is 19.8. The van der Waals surface area contributed by atoms with Gasteiger partial charge in [0.2, 0.25) is 17.6 Å². The largest absolute Gasteiger partial charge is 0.439 e. The zero-order valence-corrected chi connectivity index (χ0v) is 14.0. The lowest BCUT2D eigenvalue weighted by atomic mass is 10.3. The highest BCUT2D eigenvalue weighted by Gasteiger charge is 2.35. The number of halogens is 5. The molecule has 0 spiro atoms. The van der Waals surface area contributed by atoms with Gasteiger partial charge in [-0.05, 0) is 12.5 Å². The average molecular weight is 385 g/mol. The van der Waals surface area contributed by atoms with E-state index in [1.165, 1.54) is 19.2 Å². The Kier molecular flexibility index (Phi) is 4.73. The van der Waals surface area contributed by atoms with E-state index in [0.29, 0.717) is 11.6 Å². The third-order valence-corrected chi connectivity index (χ3v) is 3.32.